The topological polar surface area (TPSA) is 60.2 Å². The largest absolute Gasteiger partial charge is 0.399 e. The van der Waals surface area contributed by atoms with Gasteiger partial charge in [0.2, 0.25) is 0 Å². The number of nitrogen functional groups attached to an aromatic ring is 1. The van der Waals surface area contributed by atoms with Crippen LogP contribution in [0.25, 0.3) is 0 Å². The number of benzene rings is 1. The van der Waals surface area contributed by atoms with Crippen molar-refractivity contribution in [2.45, 2.75) is 6.42 Å². The number of nitrogens with two attached hydrogens (primary N) is 1. The van der Waals surface area contributed by atoms with E-state index < -0.39 is 0 Å². The Kier molecular flexibility index (Phi) is 2.58. The average molecular weight is 163 g/mol. The normalized spacial score (nSPS) is 9.33. The van der Waals surface area contributed by atoms with E-state index in [1.807, 2.05) is 0 Å². The first-order chi connectivity index (χ1) is 5.77. The fourth-order valence-electron chi connectivity index (χ4n) is 1.01. The molecule has 2 N–H and O–H groups in total. The zero-order valence-electron chi connectivity index (χ0n) is 6.49. The van der Waals surface area contributed by atoms with Crippen LogP contribution in [0.5, 0.6) is 0 Å². The van der Waals surface area contributed by atoms with Gasteiger partial charge in [-0.3, -0.25) is 4.79 Å². The van der Waals surface area contributed by atoms with Gasteiger partial charge in [0.25, 0.3) is 0 Å². The van der Waals surface area contributed by atoms with Gasteiger partial charge < -0.3 is 10.5 Å². The Balaban J connectivity index is 3.11. The maximum Gasteiger partial charge on any atom is 0.150 e. The summed E-state index contributed by atoms with van der Waals surface area (Å²) in [5.74, 6) is 0. The first-order valence-corrected chi connectivity index (χ1v) is 3.55. The molecule has 3 nitrogen and oxygen atoms in total. The Labute approximate surface area is 70.2 Å². The third kappa shape index (κ3) is 1.69. The second-order valence-corrected chi connectivity index (χ2v) is 2.45. The quantitative estimate of drug-likeness (QED) is 0.530. The SMILES string of the molecule is Nc1ccc(C=O)c(CC=O)c1. The van der Waals surface area contributed by atoms with Gasteiger partial charge in [-0.15, -0.1) is 0 Å². The van der Waals surface area contributed by atoms with Crippen LogP contribution in [-0.4, -0.2) is 12.6 Å². The van der Waals surface area contributed by atoms with Crippen molar-refractivity contribution in [3.8, 4) is 0 Å². The highest BCUT2D eigenvalue weighted by atomic mass is 16.1. The van der Waals surface area contributed by atoms with E-state index in [2.05, 4.69) is 0 Å². The van der Waals surface area contributed by atoms with Crippen LogP contribution in [0.3, 0.4) is 0 Å². The lowest BCUT2D eigenvalue weighted by Gasteiger charge is -2.00. The summed E-state index contributed by atoms with van der Waals surface area (Å²) in [4.78, 5) is 20.7. The minimum absolute atomic E-state index is 0.235. The zero-order chi connectivity index (χ0) is 8.97. The molecule has 62 valence electrons. The fraction of sp³-hybridized carbons (Fsp3) is 0.111. The Bertz CT molecular complexity index is 307. The molecule has 0 atom stereocenters. The van der Waals surface area contributed by atoms with Crippen LogP contribution in [0.15, 0.2) is 18.2 Å². The van der Waals surface area contributed by atoms with Gasteiger partial charge in [0.05, 0.1) is 0 Å². The lowest BCUT2D eigenvalue weighted by Crippen LogP contribution is -1.96. The van der Waals surface area contributed by atoms with Crippen LogP contribution in [0.2, 0.25) is 0 Å². The van der Waals surface area contributed by atoms with Crippen LogP contribution >= 0.6 is 0 Å². The molecule has 0 aliphatic rings. The smallest absolute Gasteiger partial charge is 0.150 e. The first kappa shape index (κ1) is 8.46. The molecule has 0 radical (unpaired) electrons. The van der Waals surface area contributed by atoms with Crippen LogP contribution in [0.1, 0.15) is 15.9 Å². The molecule has 0 saturated heterocycles. The molecule has 3 heteroatoms. The predicted molar refractivity (Wildman–Crippen MR) is 46.0 cm³/mol. The van der Waals surface area contributed by atoms with Gasteiger partial charge in [-0.1, -0.05) is 0 Å². The van der Waals surface area contributed by atoms with Gasteiger partial charge in [0.15, 0.2) is 0 Å². The van der Waals surface area contributed by atoms with Gasteiger partial charge >= 0.3 is 0 Å². The van der Waals surface area contributed by atoms with E-state index in [1.165, 1.54) is 0 Å². The van der Waals surface area contributed by atoms with Gasteiger partial charge in [-0.2, -0.15) is 0 Å². The Hall–Kier alpha value is -1.64. The monoisotopic (exact) mass is 163 g/mol. The van der Waals surface area contributed by atoms with Crippen LogP contribution < -0.4 is 5.73 Å². The summed E-state index contributed by atoms with van der Waals surface area (Å²) in [7, 11) is 0. The molecule has 12 heavy (non-hydrogen) atoms. The third-order valence-electron chi connectivity index (χ3n) is 1.60. The molecule has 0 aliphatic carbocycles. The van der Waals surface area contributed by atoms with Crippen molar-refractivity contribution in [2.75, 3.05) is 5.73 Å². The number of carbonyl (C=O) groups is 2. The van der Waals surface area contributed by atoms with Crippen LogP contribution in [0.4, 0.5) is 5.69 Å². The van der Waals surface area contributed by atoms with Crippen molar-refractivity contribution >= 4 is 18.3 Å². The average Bonchev–Trinajstić information content (AvgIpc) is 2.05. The van der Waals surface area contributed by atoms with E-state index in [9.17, 15) is 9.59 Å². The van der Waals surface area contributed by atoms with E-state index in [0.29, 0.717) is 16.8 Å². The van der Waals surface area contributed by atoms with Gasteiger partial charge in [0, 0.05) is 17.7 Å². The van der Waals surface area contributed by atoms with Crippen molar-refractivity contribution in [2.24, 2.45) is 0 Å². The second kappa shape index (κ2) is 3.67. The molecule has 0 aliphatic heterocycles. The Morgan fingerprint density at radius 3 is 2.67 bits per heavy atom. The van der Waals surface area contributed by atoms with Crippen LogP contribution in [-0.2, 0) is 11.2 Å². The number of carbonyl (C=O) groups excluding carboxylic acids is 2. The molecule has 0 spiro atoms. The van der Waals surface area contributed by atoms with Crippen molar-refractivity contribution in [1.82, 2.24) is 0 Å². The highest BCUT2D eigenvalue weighted by Crippen LogP contribution is 2.11. The van der Waals surface area contributed by atoms with Gasteiger partial charge in [0.1, 0.15) is 12.6 Å². The van der Waals surface area contributed by atoms with Gasteiger partial charge in [-0.25, -0.2) is 0 Å². The number of hydrogen-bond acceptors (Lipinski definition) is 3. The Morgan fingerprint density at radius 1 is 1.33 bits per heavy atom. The second-order valence-electron chi connectivity index (χ2n) is 2.45. The maximum atomic E-state index is 10.5. The number of aldehydes is 2. The lowest BCUT2D eigenvalue weighted by molar-refractivity contribution is -0.107. The molecule has 0 bridgehead atoms. The van der Waals surface area contributed by atoms with Gasteiger partial charge in [-0.05, 0) is 23.8 Å². The predicted octanol–water partition coefficient (Wildman–Crippen LogP) is 0.823. The summed E-state index contributed by atoms with van der Waals surface area (Å²) >= 11 is 0. The third-order valence-corrected chi connectivity index (χ3v) is 1.60. The van der Waals surface area contributed by atoms with Crippen molar-refractivity contribution in [3.05, 3.63) is 29.3 Å². The zero-order valence-corrected chi connectivity index (χ0v) is 6.49. The molecule has 0 unspecified atom stereocenters. The molecular formula is C9H9NO2. The van der Waals surface area contributed by atoms with E-state index in [-0.39, 0.29) is 6.42 Å². The van der Waals surface area contributed by atoms with Crippen molar-refractivity contribution in [3.63, 3.8) is 0 Å². The van der Waals surface area contributed by atoms with E-state index in [1.54, 1.807) is 18.2 Å². The maximum absolute atomic E-state index is 10.5. The fourth-order valence-corrected chi connectivity index (χ4v) is 1.01. The minimum atomic E-state index is 0.235. The minimum Gasteiger partial charge on any atom is -0.399 e. The van der Waals surface area contributed by atoms with Crippen LogP contribution in [0, 0.1) is 0 Å². The van der Waals surface area contributed by atoms with E-state index in [0.717, 1.165) is 12.6 Å². The molecule has 1 rings (SSSR count). The standard InChI is InChI=1S/C9H9NO2/c10-9-2-1-8(6-12)7(5-9)3-4-11/h1-2,4-6H,3,10H2. The molecule has 0 fully saturated rings. The molecule has 0 heterocycles. The molecule has 0 aromatic heterocycles. The van der Waals surface area contributed by atoms with Crippen molar-refractivity contribution in [1.29, 1.82) is 0 Å². The number of hydrogen-bond donors (Lipinski definition) is 1. The summed E-state index contributed by atoms with van der Waals surface area (Å²) < 4.78 is 0. The summed E-state index contributed by atoms with van der Waals surface area (Å²) in [5.41, 5.74) is 7.25. The summed E-state index contributed by atoms with van der Waals surface area (Å²) in [6.07, 6.45) is 1.71. The highest BCUT2D eigenvalue weighted by molar-refractivity contribution is 5.80. The summed E-state index contributed by atoms with van der Waals surface area (Å²) in [6.45, 7) is 0. The summed E-state index contributed by atoms with van der Waals surface area (Å²) in [5, 5.41) is 0. The first-order valence-electron chi connectivity index (χ1n) is 3.55. The van der Waals surface area contributed by atoms with E-state index in [4.69, 9.17) is 5.73 Å². The number of anilines is 1. The highest BCUT2D eigenvalue weighted by Gasteiger charge is 2.00. The molecular weight excluding hydrogens is 154 g/mol. The summed E-state index contributed by atoms with van der Waals surface area (Å²) in [6, 6.07) is 4.89. The van der Waals surface area contributed by atoms with Crippen molar-refractivity contribution < 1.29 is 9.59 Å². The Morgan fingerprint density at radius 2 is 2.08 bits per heavy atom. The number of rotatable bonds is 3. The molecule has 1 aromatic rings. The molecule has 0 saturated carbocycles. The molecule has 1 aromatic carbocycles. The lowest BCUT2D eigenvalue weighted by atomic mass is 10.1. The van der Waals surface area contributed by atoms with E-state index >= 15 is 0 Å². The molecule has 0 amide bonds.